The van der Waals surface area contributed by atoms with Crippen molar-refractivity contribution in [2.45, 2.75) is 13.0 Å². The summed E-state index contributed by atoms with van der Waals surface area (Å²) < 4.78 is 18.6. The first kappa shape index (κ1) is 19.1. The second-order valence-electron chi connectivity index (χ2n) is 6.92. The number of amides is 1. The van der Waals surface area contributed by atoms with Gasteiger partial charge in [-0.3, -0.25) is 4.79 Å². The lowest BCUT2D eigenvalue weighted by Gasteiger charge is -2.35. The topological polar surface area (TPSA) is 82.7 Å². The highest BCUT2D eigenvalue weighted by Gasteiger charge is 2.31. The molecule has 1 amide bonds. The number of carbonyl (C=O) groups is 1. The summed E-state index contributed by atoms with van der Waals surface area (Å²) >= 11 is 0. The van der Waals surface area contributed by atoms with Crippen molar-refractivity contribution in [3.05, 3.63) is 65.8 Å². The van der Waals surface area contributed by atoms with E-state index in [0.29, 0.717) is 43.0 Å². The molecule has 7 nitrogen and oxygen atoms in total. The summed E-state index contributed by atoms with van der Waals surface area (Å²) in [4.78, 5) is 21.2. The van der Waals surface area contributed by atoms with Crippen LogP contribution in [0.3, 0.4) is 0 Å². The van der Waals surface area contributed by atoms with Gasteiger partial charge in [0, 0.05) is 37.9 Å². The fourth-order valence-corrected chi connectivity index (χ4v) is 3.48. The van der Waals surface area contributed by atoms with Crippen LogP contribution in [0, 0.1) is 5.82 Å². The number of aliphatic hydroxyl groups excluding tert-OH is 1. The van der Waals surface area contributed by atoms with Crippen molar-refractivity contribution in [1.82, 2.24) is 15.0 Å². The van der Waals surface area contributed by atoms with E-state index in [0.717, 1.165) is 5.82 Å². The van der Waals surface area contributed by atoms with Crippen LogP contribution in [0.5, 0.6) is 0 Å². The predicted molar refractivity (Wildman–Crippen MR) is 105 cm³/mol. The van der Waals surface area contributed by atoms with E-state index in [4.69, 9.17) is 4.52 Å². The monoisotopic (exact) mass is 396 g/mol. The molecule has 4 rings (SSSR count). The Balaban J connectivity index is 1.54. The van der Waals surface area contributed by atoms with E-state index in [1.807, 2.05) is 18.2 Å². The molecule has 3 heterocycles. The zero-order valence-corrected chi connectivity index (χ0v) is 16.0. The largest absolute Gasteiger partial charge is 0.388 e. The highest BCUT2D eigenvalue weighted by Crippen LogP contribution is 2.31. The zero-order valence-electron chi connectivity index (χ0n) is 16.0. The summed E-state index contributed by atoms with van der Waals surface area (Å²) in [6.07, 6.45) is 0.780. The van der Waals surface area contributed by atoms with Gasteiger partial charge in [-0.15, -0.1) is 0 Å². The molecule has 150 valence electrons. The molecule has 1 aromatic carbocycles. The van der Waals surface area contributed by atoms with Crippen LogP contribution in [-0.4, -0.2) is 52.2 Å². The second kappa shape index (κ2) is 8.00. The zero-order chi connectivity index (χ0) is 20.4. The van der Waals surface area contributed by atoms with E-state index >= 15 is 0 Å². The van der Waals surface area contributed by atoms with Gasteiger partial charge in [-0.1, -0.05) is 11.2 Å². The minimum Gasteiger partial charge on any atom is -0.388 e. The van der Waals surface area contributed by atoms with Gasteiger partial charge in [0.1, 0.15) is 17.3 Å². The number of aromatic nitrogens is 2. The molecule has 0 saturated carbocycles. The maximum absolute atomic E-state index is 13.2. The van der Waals surface area contributed by atoms with E-state index in [-0.39, 0.29) is 17.5 Å². The number of benzene rings is 1. The number of nitrogens with zero attached hydrogens (tertiary/aromatic N) is 4. The molecule has 1 N–H and O–H groups in total. The fourth-order valence-electron chi connectivity index (χ4n) is 3.48. The van der Waals surface area contributed by atoms with E-state index in [2.05, 4.69) is 15.0 Å². The first-order valence-corrected chi connectivity index (χ1v) is 9.43. The summed E-state index contributed by atoms with van der Waals surface area (Å²) in [6.45, 7) is 3.84. The van der Waals surface area contributed by atoms with E-state index in [1.165, 1.54) is 12.1 Å². The van der Waals surface area contributed by atoms with Gasteiger partial charge in [0.05, 0.1) is 11.7 Å². The number of halogens is 1. The molecule has 1 aliphatic rings. The van der Waals surface area contributed by atoms with Crippen molar-refractivity contribution < 1.29 is 18.8 Å². The third kappa shape index (κ3) is 3.84. The minimum absolute atomic E-state index is 0.0191. The van der Waals surface area contributed by atoms with Crippen LogP contribution >= 0.6 is 0 Å². The maximum Gasteiger partial charge on any atom is 0.293 e. The van der Waals surface area contributed by atoms with Crippen molar-refractivity contribution in [2.75, 3.05) is 31.1 Å². The lowest BCUT2D eigenvalue weighted by molar-refractivity contribution is 0.0696. The van der Waals surface area contributed by atoms with Crippen LogP contribution in [0.2, 0.25) is 0 Å². The summed E-state index contributed by atoms with van der Waals surface area (Å²) in [6, 6.07) is 11.4. The van der Waals surface area contributed by atoms with E-state index < -0.39 is 6.10 Å². The van der Waals surface area contributed by atoms with Gasteiger partial charge in [0.15, 0.2) is 0 Å². The molecular formula is C21H21FN4O3. The number of aliphatic hydroxyl groups is 1. The molecule has 2 aromatic heterocycles. The van der Waals surface area contributed by atoms with Crippen LogP contribution in [0.4, 0.5) is 10.2 Å². The molecule has 0 spiro atoms. The van der Waals surface area contributed by atoms with E-state index in [1.54, 1.807) is 30.2 Å². The Morgan fingerprint density at radius 3 is 2.48 bits per heavy atom. The van der Waals surface area contributed by atoms with Gasteiger partial charge in [-0.2, -0.15) is 0 Å². The van der Waals surface area contributed by atoms with Crippen molar-refractivity contribution in [3.8, 4) is 11.3 Å². The summed E-state index contributed by atoms with van der Waals surface area (Å²) in [5.74, 6) is 0.202. The van der Waals surface area contributed by atoms with Crippen molar-refractivity contribution in [3.63, 3.8) is 0 Å². The number of pyridine rings is 1. The molecular weight excluding hydrogens is 375 g/mol. The maximum atomic E-state index is 13.2. The molecule has 8 heteroatoms. The number of hydrogen-bond donors (Lipinski definition) is 1. The average Bonchev–Trinajstić information content (AvgIpc) is 3.20. The fraction of sp³-hybridized carbons (Fsp3) is 0.286. The Hall–Kier alpha value is -3.26. The standard InChI is InChI=1S/C21H21FN4O3/c1-14(27)18-19(15-5-7-16(22)8-6-15)24-29-20(18)21(28)26-12-10-25(11-13-26)17-4-2-3-9-23-17/h2-9,14,27H,10-13H2,1H3. The Labute approximate surface area is 167 Å². The smallest absolute Gasteiger partial charge is 0.293 e. The third-order valence-corrected chi connectivity index (χ3v) is 5.00. The first-order chi connectivity index (χ1) is 14.0. The number of hydrogen-bond acceptors (Lipinski definition) is 6. The van der Waals surface area contributed by atoms with Crippen LogP contribution in [0.15, 0.2) is 53.2 Å². The summed E-state index contributed by atoms with van der Waals surface area (Å²) in [5, 5.41) is 14.3. The molecule has 0 radical (unpaired) electrons. The lowest BCUT2D eigenvalue weighted by atomic mass is 10.0. The molecule has 1 unspecified atom stereocenters. The van der Waals surface area contributed by atoms with Gasteiger partial charge < -0.3 is 19.4 Å². The SMILES string of the molecule is CC(O)c1c(-c2ccc(F)cc2)noc1C(=O)N1CCN(c2ccccn2)CC1. The number of rotatable bonds is 4. The highest BCUT2D eigenvalue weighted by molar-refractivity contribution is 5.94. The van der Waals surface area contributed by atoms with Gasteiger partial charge in [0.25, 0.3) is 5.91 Å². The second-order valence-corrected chi connectivity index (χ2v) is 6.92. The lowest BCUT2D eigenvalue weighted by Crippen LogP contribution is -2.49. The average molecular weight is 396 g/mol. The number of anilines is 1. The third-order valence-electron chi connectivity index (χ3n) is 5.00. The van der Waals surface area contributed by atoms with Gasteiger partial charge in [-0.25, -0.2) is 9.37 Å². The summed E-state index contributed by atoms with van der Waals surface area (Å²) in [5.41, 5.74) is 1.23. The van der Waals surface area contributed by atoms with Gasteiger partial charge in [0.2, 0.25) is 5.76 Å². The minimum atomic E-state index is -0.963. The van der Waals surface area contributed by atoms with Crippen molar-refractivity contribution >= 4 is 11.7 Å². The summed E-state index contributed by atoms with van der Waals surface area (Å²) in [7, 11) is 0. The Morgan fingerprint density at radius 2 is 1.86 bits per heavy atom. The highest BCUT2D eigenvalue weighted by atomic mass is 19.1. The molecule has 1 aliphatic heterocycles. The molecule has 1 atom stereocenters. The number of carbonyl (C=O) groups excluding carboxylic acids is 1. The van der Waals surface area contributed by atoms with Crippen molar-refractivity contribution in [2.24, 2.45) is 0 Å². The first-order valence-electron chi connectivity index (χ1n) is 9.43. The van der Waals surface area contributed by atoms with Crippen LogP contribution in [0.25, 0.3) is 11.3 Å². The molecule has 0 aliphatic carbocycles. The number of piperazine rings is 1. The van der Waals surface area contributed by atoms with Gasteiger partial charge >= 0.3 is 0 Å². The molecule has 29 heavy (non-hydrogen) atoms. The normalized spacial score (nSPS) is 15.4. The van der Waals surface area contributed by atoms with Crippen molar-refractivity contribution in [1.29, 1.82) is 0 Å². The molecule has 1 saturated heterocycles. The predicted octanol–water partition coefficient (Wildman–Crippen LogP) is 2.89. The Kier molecular flexibility index (Phi) is 5.26. The van der Waals surface area contributed by atoms with Crippen LogP contribution in [-0.2, 0) is 0 Å². The van der Waals surface area contributed by atoms with Crippen LogP contribution in [0.1, 0.15) is 29.1 Å². The van der Waals surface area contributed by atoms with Crippen LogP contribution < -0.4 is 4.90 Å². The molecule has 1 fully saturated rings. The Morgan fingerprint density at radius 1 is 1.14 bits per heavy atom. The Bertz CT molecular complexity index is 981. The molecule has 3 aromatic rings. The molecule has 0 bridgehead atoms. The van der Waals surface area contributed by atoms with Gasteiger partial charge in [-0.05, 0) is 43.3 Å². The van der Waals surface area contributed by atoms with E-state index in [9.17, 15) is 14.3 Å². The quantitative estimate of drug-likeness (QED) is 0.730.